The van der Waals surface area contributed by atoms with Crippen LogP contribution >= 0.6 is 35.0 Å². The van der Waals surface area contributed by atoms with Gasteiger partial charge in [0, 0.05) is 27.7 Å². The van der Waals surface area contributed by atoms with Crippen molar-refractivity contribution < 1.29 is 14.0 Å². The number of nitrogens with zero attached hydrogens (tertiary/aromatic N) is 3. The van der Waals surface area contributed by atoms with E-state index in [1.165, 1.54) is 16.7 Å². The van der Waals surface area contributed by atoms with Gasteiger partial charge in [0.15, 0.2) is 0 Å². The van der Waals surface area contributed by atoms with Crippen molar-refractivity contribution in [3.05, 3.63) is 64.1 Å². The fourth-order valence-electron chi connectivity index (χ4n) is 3.15. The number of aromatic nitrogens is 2. The van der Waals surface area contributed by atoms with Crippen molar-refractivity contribution in [3.63, 3.8) is 0 Å². The lowest BCUT2D eigenvalue weighted by molar-refractivity contribution is -0.127. The normalized spacial score (nSPS) is 17.1. The van der Waals surface area contributed by atoms with Crippen molar-refractivity contribution in [1.82, 2.24) is 15.1 Å². The summed E-state index contributed by atoms with van der Waals surface area (Å²) in [6.07, 6.45) is 2.21. The fraction of sp³-hybridized carbons (Fsp3) is 0.238. The quantitative estimate of drug-likeness (QED) is 0.486. The largest absolute Gasteiger partial charge is 0.411 e. The summed E-state index contributed by atoms with van der Waals surface area (Å²) in [6.45, 7) is 0.386. The molecule has 0 bridgehead atoms. The second-order valence-electron chi connectivity index (χ2n) is 6.78. The van der Waals surface area contributed by atoms with Crippen LogP contribution in [0.3, 0.4) is 0 Å². The van der Waals surface area contributed by atoms with Crippen molar-refractivity contribution in [2.75, 3.05) is 6.54 Å². The van der Waals surface area contributed by atoms with Gasteiger partial charge in [0.05, 0.1) is 5.25 Å². The molecule has 0 radical (unpaired) electrons. The van der Waals surface area contributed by atoms with Crippen molar-refractivity contribution in [2.45, 2.75) is 29.7 Å². The Morgan fingerprint density at radius 2 is 1.67 bits per heavy atom. The molecule has 154 valence electrons. The summed E-state index contributed by atoms with van der Waals surface area (Å²) in [4.78, 5) is 27.3. The third kappa shape index (κ3) is 4.69. The molecule has 2 heterocycles. The van der Waals surface area contributed by atoms with Crippen LogP contribution in [0.2, 0.25) is 10.0 Å². The van der Waals surface area contributed by atoms with Crippen LogP contribution < -0.4 is 0 Å². The zero-order valence-electron chi connectivity index (χ0n) is 15.8. The maximum atomic E-state index is 13.1. The van der Waals surface area contributed by atoms with E-state index < -0.39 is 5.25 Å². The van der Waals surface area contributed by atoms with Crippen molar-refractivity contribution in [3.8, 4) is 11.5 Å². The van der Waals surface area contributed by atoms with E-state index in [0.717, 1.165) is 18.4 Å². The Morgan fingerprint density at radius 3 is 2.37 bits per heavy atom. The molecule has 4 rings (SSSR count). The number of hydrogen-bond donors (Lipinski definition) is 0. The van der Waals surface area contributed by atoms with Gasteiger partial charge in [0.2, 0.25) is 11.8 Å². The molecule has 9 heteroatoms. The second kappa shape index (κ2) is 9.20. The number of benzene rings is 2. The molecule has 0 unspecified atom stereocenters. The third-order valence-corrected chi connectivity index (χ3v) is 6.31. The van der Waals surface area contributed by atoms with E-state index in [9.17, 15) is 9.59 Å². The summed E-state index contributed by atoms with van der Waals surface area (Å²) in [6, 6.07) is 13.6. The molecule has 1 atom stereocenters. The van der Waals surface area contributed by atoms with E-state index in [1.807, 2.05) is 0 Å². The molecular formula is C21H17Cl2N3O3S. The number of carbonyl (C=O) groups excluding carboxylic acids is 2. The average molecular weight is 462 g/mol. The summed E-state index contributed by atoms with van der Waals surface area (Å²) in [5, 5.41) is 9.08. The molecule has 1 aliphatic rings. The number of imide groups is 1. The molecule has 1 saturated heterocycles. The third-order valence-electron chi connectivity index (χ3n) is 4.72. The van der Waals surface area contributed by atoms with Crippen LogP contribution in [0.25, 0.3) is 11.5 Å². The lowest BCUT2D eigenvalue weighted by Crippen LogP contribution is -2.41. The van der Waals surface area contributed by atoms with E-state index in [2.05, 4.69) is 10.2 Å². The first-order valence-electron chi connectivity index (χ1n) is 9.38. The first-order valence-corrected chi connectivity index (χ1v) is 11.0. The first kappa shape index (κ1) is 20.9. The average Bonchev–Trinajstić information content (AvgIpc) is 3.14. The highest BCUT2D eigenvalue weighted by atomic mass is 35.5. The van der Waals surface area contributed by atoms with Gasteiger partial charge in [-0.25, -0.2) is 0 Å². The van der Waals surface area contributed by atoms with Crippen molar-refractivity contribution in [1.29, 1.82) is 0 Å². The Bertz CT molecular complexity index is 1050. The Hall–Kier alpha value is -2.35. The zero-order valence-corrected chi connectivity index (χ0v) is 18.1. The molecule has 1 aliphatic heterocycles. The van der Waals surface area contributed by atoms with Crippen LogP contribution in [0.15, 0.2) is 58.2 Å². The van der Waals surface area contributed by atoms with E-state index in [-0.39, 0.29) is 11.8 Å². The molecule has 3 aromatic rings. The van der Waals surface area contributed by atoms with Gasteiger partial charge < -0.3 is 4.42 Å². The fourth-order valence-corrected chi connectivity index (χ4v) is 4.38. The Kier molecular flexibility index (Phi) is 6.41. The maximum absolute atomic E-state index is 13.1. The van der Waals surface area contributed by atoms with Crippen LogP contribution in [-0.2, 0) is 4.79 Å². The van der Waals surface area contributed by atoms with Crippen molar-refractivity contribution in [2.24, 2.45) is 0 Å². The minimum absolute atomic E-state index is 0.247. The molecule has 2 amide bonds. The molecule has 0 aliphatic carbocycles. The van der Waals surface area contributed by atoms with Crippen LogP contribution in [-0.4, -0.2) is 38.7 Å². The molecule has 0 saturated carbocycles. The van der Waals surface area contributed by atoms with Crippen molar-refractivity contribution >= 4 is 46.8 Å². The zero-order chi connectivity index (χ0) is 21.1. The summed E-state index contributed by atoms with van der Waals surface area (Å²) < 4.78 is 5.72. The van der Waals surface area contributed by atoms with Gasteiger partial charge in [-0.15, -0.1) is 10.2 Å². The molecule has 6 nitrogen and oxygen atoms in total. The highest BCUT2D eigenvalue weighted by Crippen LogP contribution is 2.32. The molecule has 0 N–H and O–H groups in total. The standard InChI is InChI=1S/C21H17Cl2N3O3S/c22-15-8-4-13(5-9-15)18-24-25-21(29-18)30-17-3-1-2-12-26(20(17)28)19(27)14-6-10-16(23)11-7-14/h4-11,17H,1-3,12H2/t17-/m1/s1. The number of hydrogen-bond acceptors (Lipinski definition) is 6. The van der Waals surface area contributed by atoms with Gasteiger partial charge >= 0.3 is 0 Å². The Balaban J connectivity index is 1.50. The molecule has 1 fully saturated rings. The number of halogens is 2. The minimum Gasteiger partial charge on any atom is -0.411 e. The van der Waals surface area contributed by atoms with Crippen LogP contribution in [0, 0.1) is 0 Å². The van der Waals surface area contributed by atoms with Gasteiger partial charge in [0.1, 0.15) is 0 Å². The van der Waals surface area contributed by atoms with Gasteiger partial charge in [-0.05, 0) is 61.4 Å². The van der Waals surface area contributed by atoms with Gasteiger partial charge in [-0.1, -0.05) is 41.4 Å². The van der Waals surface area contributed by atoms with E-state index in [4.69, 9.17) is 27.6 Å². The topological polar surface area (TPSA) is 76.3 Å². The summed E-state index contributed by atoms with van der Waals surface area (Å²) in [5.74, 6) is -0.218. The SMILES string of the molecule is O=C(c1ccc(Cl)cc1)N1CCCC[C@@H](Sc2nnc(-c3ccc(Cl)cc3)o2)C1=O. The highest BCUT2D eigenvalue weighted by molar-refractivity contribution is 8.00. The number of rotatable bonds is 4. The number of amides is 2. The second-order valence-corrected chi connectivity index (χ2v) is 8.81. The molecule has 30 heavy (non-hydrogen) atoms. The molecule has 0 spiro atoms. The summed E-state index contributed by atoms with van der Waals surface area (Å²) in [5.41, 5.74) is 1.17. The maximum Gasteiger partial charge on any atom is 0.277 e. The molecule has 1 aromatic heterocycles. The summed E-state index contributed by atoms with van der Waals surface area (Å²) >= 11 is 13.0. The van der Waals surface area contributed by atoms with E-state index in [0.29, 0.717) is 39.7 Å². The number of carbonyl (C=O) groups is 2. The van der Waals surface area contributed by atoms with Crippen LogP contribution in [0.1, 0.15) is 29.6 Å². The highest BCUT2D eigenvalue weighted by Gasteiger charge is 2.33. The van der Waals surface area contributed by atoms with Crippen LogP contribution in [0.5, 0.6) is 0 Å². The van der Waals surface area contributed by atoms with E-state index in [1.54, 1.807) is 48.5 Å². The summed E-state index contributed by atoms with van der Waals surface area (Å²) in [7, 11) is 0. The first-order chi connectivity index (χ1) is 14.5. The number of likely N-dealkylation sites (tertiary alicyclic amines) is 1. The van der Waals surface area contributed by atoms with Gasteiger partial charge in [-0.3, -0.25) is 14.5 Å². The molecule has 2 aromatic carbocycles. The van der Waals surface area contributed by atoms with Gasteiger partial charge in [0.25, 0.3) is 11.1 Å². The predicted octanol–water partition coefficient (Wildman–Crippen LogP) is 5.36. The Labute approximate surface area is 187 Å². The smallest absolute Gasteiger partial charge is 0.277 e. The minimum atomic E-state index is -0.470. The van der Waals surface area contributed by atoms with Crippen LogP contribution in [0.4, 0.5) is 0 Å². The van der Waals surface area contributed by atoms with E-state index >= 15 is 0 Å². The molecular weight excluding hydrogens is 445 g/mol. The monoisotopic (exact) mass is 461 g/mol. The predicted molar refractivity (Wildman–Crippen MR) is 116 cm³/mol. The Morgan fingerprint density at radius 1 is 1.00 bits per heavy atom. The number of thioether (sulfide) groups is 1. The lowest BCUT2D eigenvalue weighted by Gasteiger charge is -2.21. The van der Waals surface area contributed by atoms with Gasteiger partial charge in [-0.2, -0.15) is 0 Å². The lowest BCUT2D eigenvalue weighted by atomic mass is 10.2.